The van der Waals surface area contributed by atoms with Crippen LogP contribution in [0.4, 0.5) is 11.4 Å². The van der Waals surface area contributed by atoms with E-state index in [1.54, 1.807) is 0 Å². The number of aryl methyl sites for hydroxylation is 1. The minimum absolute atomic E-state index is 0.226. The van der Waals surface area contributed by atoms with E-state index in [1.165, 1.54) is 25.7 Å². The summed E-state index contributed by atoms with van der Waals surface area (Å²) in [6.45, 7) is 4.34. The van der Waals surface area contributed by atoms with Crippen molar-refractivity contribution in [2.24, 2.45) is 0 Å². The summed E-state index contributed by atoms with van der Waals surface area (Å²) in [6.07, 6.45) is 5.08. The first-order valence-corrected chi connectivity index (χ1v) is 6.22. The lowest BCUT2D eigenvalue weighted by atomic mass is 9.99. The predicted molar refractivity (Wildman–Crippen MR) is 71.1 cm³/mol. The fraction of sp³-hybridized carbons (Fsp3) is 0.538. The van der Waals surface area contributed by atoms with Gasteiger partial charge >= 0.3 is 0 Å². The SMILES string of the molecule is Cc1cc(N)c(Cl)cc1NC1(C)CCCC1. The molecule has 0 spiro atoms. The lowest BCUT2D eigenvalue weighted by molar-refractivity contribution is 0.533. The van der Waals surface area contributed by atoms with Crippen LogP contribution >= 0.6 is 11.6 Å². The average Bonchev–Trinajstić information content (AvgIpc) is 2.62. The highest BCUT2D eigenvalue weighted by Crippen LogP contribution is 2.35. The highest BCUT2D eigenvalue weighted by atomic mass is 35.5. The van der Waals surface area contributed by atoms with Gasteiger partial charge in [-0.25, -0.2) is 0 Å². The molecule has 0 aromatic heterocycles. The zero-order valence-electron chi connectivity index (χ0n) is 9.94. The summed E-state index contributed by atoms with van der Waals surface area (Å²) in [5.41, 5.74) is 8.93. The minimum Gasteiger partial charge on any atom is -0.398 e. The topological polar surface area (TPSA) is 38.0 Å². The van der Waals surface area contributed by atoms with Crippen LogP contribution in [0.1, 0.15) is 38.2 Å². The molecule has 0 aliphatic heterocycles. The number of nitrogens with one attached hydrogen (secondary N) is 1. The van der Waals surface area contributed by atoms with E-state index >= 15 is 0 Å². The van der Waals surface area contributed by atoms with Crippen LogP contribution < -0.4 is 11.1 Å². The Bertz CT molecular complexity index is 395. The van der Waals surface area contributed by atoms with Crippen LogP contribution in [0.15, 0.2) is 12.1 Å². The number of rotatable bonds is 2. The molecule has 2 nitrogen and oxygen atoms in total. The van der Waals surface area contributed by atoms with Crippen molar-refractivity contribution in [1.82, 2.24) is 0 Å². The van der Waals surface area contributed by atoms with Gasteiger partial charge in [0.25, 0.3) is 0 Å². The second-order valence-electron chi connectivity index (χ2n) is 5.08. The van der Waals surface area contributed by atoms with E-state index in [4.69, 9.17) is 17.3 Å². The number of hydrogen-bond donors (Lipinski definition) is 2. The molecule has 1 aromatic rings. The lowest BCUT2D eigenvalue weighted by Gasteiger charge is -2.28. The van der Waals surface area contributed by atoms with Crippen LogP contribution in [0.5, 0.6) is 0 Å². The second-order valence-corrected chi connectivity index (χ2v) is 5.49. The van der Waals surface area contributed by atoms with Gasteiger partial charge in [0.2, 0.25) is 0 Å². The summed E-state index contributed by atoms with van der Waals surface area (Å²) in [6, 6.07) is 3.87. The van der Waals surface area contributed by atoms with Gasteiger partial charge in [0.1, 0.15) is 0 Å². The number of hydrogen-bond acceptors (Lipinski definition) is 2. The van der Waals surface area contributed by atoms with Gasteiger partial charge in [-0.3, -0.25) is 0 Å². The maximum absolute atomic E-state index is 6.05. The first-order chi connectivity index (χ1) is 7.50. The van der Waals surface area contributed by atoms with E-state index in [9.17, 15) is 0 Å². The Kier molecular flexibility index (Phi) is 3.02. The Labute approximate surface area is 102 Å². The third-order valence-electron chi connectivity index (χ3n) is 3.49. The maximum atomic E-state index is 6.05. The molecule has 1 fully saturated rings. The molecule has 1 aromatic carbocycles. The Morgan fingerprint density at radius 3 is 2.56 bits per heavy atom. The van der Waals surface area contributed by atoms with Gasteiger partial charge in [0, 0.05) is 11.2 Å². The van der Waals surface area contributed by atoms with Crippen molar-refractivity contribution in [1.29, 1.82) is 0 Å². The molecule has 0 saturated heterocycles. The van der Waals surface area contributed by atoms with Crippen LogP contribution in [0, 0.1) is 6.92 Å². The van der Waals surface area contributed by atoms with Gasteiger partial charge in [-0.1, -0.05) is 24.4 Å². The number of halogens is 1. The Morgan fingerprint density at radius 1 is 1.31 bits per heavy atom. The Balaban J connectivity index is 2.24. The van der Waals surface area contributed by atoms with Crippen molar-refractivity contribution in [3.05, 3.63) is 22.7 Å². The molecule has 3 N–H and O–H groups in total. The molecule has 0 atom stereocenters. The van der Waals surface area contributed by atoms with E-state index in [0.717, 1.165) is 11.3 Å². The zero-order chi connectivity index (χ0) is 11.8. The first-order valence-electron chi connectivity index (χ1n) is 5.84. The number of nitrogens with two attached hydrogens (primary N) is 1. The average molecular weight is 239 g/mol. The van der Waals surface area contributed by atoms with Crippen molar-refractivity contribution in [3.8, 4) is 0 Å². The highest BCUT2D eigenvalue weighted by Gasteiger charge is 2.28. The molecule has 0 bridgehead atoms. The van der Waals surface area contributed by atoms with Gasteiger partial charge < -0.3 is 11.1 Å². The van der Waals surface area contributed by atoms with Crippen LogP contribution in [0.3, 0.4) is 0 Å². The molecule has 3 heteroatoms. The van der Waals surface area contributed by atoms with Crippen LogP contribution in [0.25, 0.3) is 0 Å². The molecule has 0 radical (unpaired) electrons. The van der Waals surface area contributed by atoms with E-state index in [-0.39, 0.29) is 5.54 Å². The van der Waals surface area contributed by atoms with Crippen molar-refractivity contribution < 1.29 is 0 Å². The van der Waals surface area contributed by atoms with Crippen LogP contribution in [0.2, 0.25) is 5.02 Å². The number of benzene rings is 1. The Hall–Kier alpha value is -0.890. The maximum Gasteiger partial charge on any atom is 0.0656 e. The minimum atomic E-state index is 0.226. The molecule has 1 aliphatic rings. The Morgan fingerprint density at radius 2 is 1.94 bits per heavy atom. The molecule has 0 heterocycles. The largest absolute Gasteiger partial charge is 0.398 e. The van der Waals surface area contributed by atoms with Gasteiger partial charge in [0.05, 0.1) is 10.7 Å². The summed E-state index contributed by atoms with van der Waals surface area (Å²) in [5, 5.41) is 4.25. The smallest absolute Gasteiger partial charge is 0.0656 e. The molecule has 1 aliphatic carbocycles. The van der Waals surface area contributed by atoms with Crippen molar-refractivity contribution in [2.45, 2.75) is 45.1 Å². The quantitative estimate of drug-likeness (QED) is 0.765. The molecule has 2 rings (SSSR count). The van der Waals surface area contributed by atoms with Crippen LogP contribution in [-0.4, -0.2) is 5.54 Å². The van der Waals surface area contributed by atoms with Gasteiger partial charge in [-0.15, -0.1) is 0 Å². The van der Waals surface area contributed by atoms with Crippen molar-refractivity contribution >= 4 is 23.0 Å². The highest BCUT2D eigenvalue weighted by molar-refractivity contribution is 6.33. The monoisotopic (exact) mass is 238 g/mol. The lowest BCUT2D eigenvalue weighted by Crippen LogP contribution is -2.31. The van der Waals surface area contributed by atoms with Crippen LogP contribution in [-0.2, 0) is 0 Å². The summed E-state index contributed by atoms with van der Waals surface area (Å²) >= 11 is 6.05. The summed E-state index contributed by atoms with van der Waals surface area (Å²) in [5.74, 6) is 0. The molecular formula is C13H19ClN2. The van der Waals surface area contributed by atoms with E-state index in [1.807, 2.05) is 12.1 Å². The van der Waals surface area contributed by atoms with Crippen molar-refractivity contribution in [3.63, 3.8) is 0 Å². The summed E-state index contributed by atoms with van der Waals surface area (Å²) in [7, 11) is 0. The molecule has 1 saturated carbocycles. The number of nitrogen functional groups attached to an aromatic ring is 1. The molecule has 0 amide bonds. The standard InChI is InChI=1S/C13H19ClN2/c1-9-7-11(15)10(14)8-12(9)16-13(2)5-3-4-6-13/h7-8,16H,3-6,15H2,1-2H3. The fourth-order valence-electron chi connectivity index (χ4n) is 2.44. The molecule has 88 valence electrons. The molecule has 0 unspecified atom stereocenters. The van der Waals surface area contributed by atoms with E-state index in [2.05, 4.69) is 19.2 Å². The third kappa shape index (κ3) is 2.27. The molecule has 16 heavy (non-hydrogen) atoms. The number of anilines is 2. The van der Waals surface area contributed by atoms with E-state index in [0.29, 0.717) is 10.7 Å². The molecular weight excluding hydrogens is 220 g/mol. The normalized spacial score (nSPS) is 18.7. The van der Waals surface area contributed by atoms with Gasteiger partial charge in [-0.2, -0.15) is 0 Å². The summed E-state index contributed by atoms with van der Waals surface area (Å²) < 4.78 is 0. The van der Waals surface area contributed by atoms with Gasteiger partial charge in [-0.05, 0) is 44.4 Å². The first kappa shape index (κ1) is 11.6. The van der Waals surface area contributed by atoms with E-state index < -0.39 is 0 Å². The van der Waals surface area contributed by atoms with Crippen molar-refractivity contribution in [2.75, 3.05) is 11.1 Å². The third-order valence-corrected chi connectivity index (χ3v) is 3.81. The van der Waals surface area contributed by atoms with Gasteiger partial charge in [0.15, 0.2) is 0 Å². The zero-order valence-corrected chi connectivity index (χ0v) is 10.7. The summed E-state index contributed by atoms with van der Waals surface area (Å²) in [4.78, 5) is 0. The second kappa shape index (κ2) is 4.17. The fourth-order valence-corrected chi connectivity index (χ4v) is 2.61. The predicted octanol–water partition coefficient (Wildman–Crippen LogP) is 3.98.